The van der Waals surface area contributed by atoms with Crippen molar-refractivity contribution in [3.05, 3.63) is 46.7 Å². The van der Waals surface area contributed by atoms with Gasteiger partial charge >= 0.3 is 0 Å². The third-order valence-electron chi connectivity index (χ3n) is 6.78. The highest BCUT2D eigenvalue weighted by Crippen LogP contribution is 2.34. The zero-order valence-electron chi connectivity index (χ0n) is 20.6. The molecule has 3 heterocycles. The minimum atomic E-state index is -0.0191. The predicted octanol–water partition coefficient (Wildman–Crippen LogP) is 5.89. The molecule has 0 spiro atoms. The topological polar surface area (TPSA) is 69.0 Å². The van der Waals surface area contributed by atoms with E-state index in [0.29, 0.717) is 19.1 Å². The van der Waals surface area contributed by atoms with Crippen LogP contribution in [0.5, 0.6) is 0 Å². The highest BCUT2D eigenvalue weighted by molar-refractivity contribution is 7.13. The maximum absolute atomic E-state index is 13.0. The van der Waals surface area contributed by atoms with Crippen molar-refractivity contribution < 1.29 is 9.53 Å². The van der Waals surface area contributed by atoms with Gasteiger partial charge in [-0.3, -0.25) is 9.78 Å². The van der Waals surface area contributed by atoms with E-state index in [-0.39, 0.29) is 5.91 Å². The van der Waals surface area contributed by atoms with E-state index in [0.717, 1.165) is 58.3 Å². The lowest BCUT2D eigenvalue weighted by atomic mass is 9.89. The van der Waals surface area contributed by atoms with E-state index in [1.54, 1.807) is 18.4 Å². The van der Waals surface area contributed by atoms with Gasteiger partial charge < -0.3 is 14.6 Å². The summed E-state index contributed by atoms with van der Waals surface area (Å²) in [6.45, 7) is 6.38. The lowest BCUT2D eigenvalue weighted by Crippen LogP contribution is -2.25. The van der Waals surface area contributed by atoms with E-state index >= 15 is 0 Å². The Kier molecular flexibility index (Phi) is 8.51. The Morgan fingerprint density at radius 3 is 2.85 bits per heavy atom. The fourth-order valence-electron chi connectivity index (χ4n) is 4.79. The molecule has 1 N–H and O–H groups in total. The maximum atomic E-state index is 13.0. The van der Waals surface area contributed by atoms with Crippen molar-refractivity contribution in [2.75, 3.05) is 20.3 Å². The minimum Gasteiger partial charge on any atom is -0.385 e. The van der Waals surface area contributed by atoms with E-state index in [4.69, 9.17) is 9.72 Å². The number of aryl methyl sites for hydroxylation is 1. The maximum Gasteiger partial charge on any atom is 0.253 e. The average molecular weight is 481 g/mol. The molecule has 1 aliphatic carbocycles. The molecule has 0 aromatic carbocycles. The minimum absolute atomic E-state index is 0.0191. The van der Waals surface area contributed by atoms with E-state index < -0.39 is 0 Å². The van der Waals surface area contributed by atoms with Crippen LogP contribution in [0.25, 0.3) is 22.0 Å². The summed E-state index contributed by atoms with van der Waals surface area (Å²) in [5, 5.41) is 6.16. The number of ether oxygens (including phenoxy) is 1. The third-order valence-corrected chi connectivity index (χ3v) is 7.67. The Hall–Kier alpha value is -2.51. The summed E-state index contributed by atoms with van der Waals surface area (Å²) >= 11 is 1.65. The van der Waals surface area contributed by atoms with Crippen molar-refractivity contribution in [2.24, 2.45) is 5.92 Å². The van der Waals surface area contributed by atoms with Crippen molar-refractivity contribution in [2.45, 2.75) is 65.3 Å². The number of carbonyl (C=O) groups is 1. The monoisotopic (exact) mass is 480 g/mol. The van der Waals surface area contributed by atoms with Crippen molar-refractivity contribution >= 4 is 17.2 Å². The fraction of sp³-hybridized carbons (Fsp3) is 0.519. The largest absolute Gasteiger partial charge is 0.385 e. The molecule has 0 bridgehead atoms. The Morgan fingerprint density at radius 2 is 2.09 bits per heavy atom. The summed E-state index contributed by atoms with van der Waals surface area (Å²) in [6, 6.07) is 6.17. The fourth-order valence-corrected chi connectivity index (χ4v) is 5.60. The molecule has 0 radical (unpaired) electrons. The van der Waals surface area contributed by atoms with Crippen LogP contribution in [0, 0.1) is 12.8 Å². The first-order chi connectivity index (χ1) is 16.6. The molecular weight excluding hydrogens is 444 g/mol. The molecule has 0 aliphatic heterocycles. The molecule has 6 nitrogen and oxygen atoms in total. The van der Waals surface area contributed by atoms with Gasteiger partial charge in [-0.1, -0.05) is 26.2 Å². The summed E-state index contributed by atoms with van der Waals surface area (Å²) < 4.78 is 7.44. The van der Waals surface area contributed by atoms with Crippen LogP contribution in [-0.4, -0.2) is 40.7 Å². The molecule has 1 amide bonds. The van der Waals surface area contributed by atoms with Gasteiger partial charge in [-0.2, -0.15) is 0 Å². The summed E-state index contributed by atoms with van der Waals surface area (Å²) in [5.74, 6) is 0.635. The number of nitrogens with zero attached hydrogens (tertiary/aromatic N) is 3. The number of aromatic nitrogens is 3. The lowest BCUT2D eigenvalue weighted by Gasteiger charge is -2.24. The van der Waals surface area contributed by atoms with Gasteiger partial charge in [0, 0.05) is 55.3 Å². The van der Waals surface area contributed by atoms with Gasteiger partial charge in [0.1, 0.15) is 5.01 Å². The van der Waals surface area contributed by atoms with Crippen molar-refractivity contribution in [3.8, 4) is 22.0 Å². The normalized spacial score (nSPS) is 14.4. The standard InChI is InChI=1S/C27H36N4O2S/c1-4-22-15-21(11-13-28-22)27-30-24(18-34-27)25-16-23(26(32)29-12-8-14-33-3)19(2)31(25)17-20-9-6-5-7-10-20/h11,13,15-16,18,20H,4-10,12,14,17H2,1-3H3,(H,29,32). The van der Waals surface area contributed by atoms with Gasteiger partial charge in [0.25, 0.3) is 5.91 Å². The Balaban J connectivity index is 1.64. The predicted molar refractivity (Wildman–Crippen MR) is 138 cm³/mol. The van der Waals surface area contributed by atoms with Gasteiger partial charge in [0.15, 0.2) is 0 Å². The van der Waals surface area contributed by atoms with Crippen LogP contribution < -0.4 is 5.32 Å². The molecule has 0 unspecified atom stereocenters. The quantitative estimate of drug-likeness (QED) is 0.367. The Bertz CT molecular complexity index is 1100. The number of nitrogens with one attached hydrogen (secondary N) is 1. The third kappa shape index (κ3) is 5.76. The number of rotatable bonds is 10. The smallest absolute Gasteiger partial charge is 0.253 e. The van der Waals surface area contributed by atoms with Crippen LogP contribution in [-0.2, 0) is 17.7 Å². The molecule has 34 heavy (non-hydrogen) atoms. The van der Waals surface area contributed by atoms with Crippen LogP contribution in [0.1, 0.15) is 67.2 Å². The van der Waals surface area contributed by atoms with E-state index in [2.05, 4.69) is 40.2 Å². The van der Waals surface area contributed by atoms with E-state index in [1.807, 2.05) is 18.3 Å². The number of methoxy groups -OCH3 is 1. The summed E-state index contributed by atoms with van der Waals surface area (Å²) in [7, 11) is 1.68. The second kappa shape index (κ2) is 11.8. The zero-order chi connectivity index (χ0) is 23.9. The first-order valence-corrected chi connectivity index (χ1v) is 13.4. The number of hydrogen-bond donors (Lipinski definition) is 1. The second-order valence-corrected chi connectivity index (χ2v) is 10.0. The second-order valence-electron chi connectivity index (χ2n) is 9.17. The average Bonchev–Trinajstić information content (AvgIpc) is 3.48. The molecule has 0 atom stereocenters. The molecule has 1 aliphatic rings. The SMILES string of the molecule is CCc1cc(-c2nc(-c3cc(C(=O)NCCCOC)c(C)n3CC3CCCCC3)cs2)ccn1. The van der Waals surface area contributed by atoms with Crippen LogP contribution >= 0.6 is 11.3 Å². The molecule has 0 saturated heterocycles. The van der Waals surface area contributed by atoms with Gasteiger partial charge in [-0.05, 0) is 56.7 Å². The van der Waals surface area contributed by atoms with E-state index in [1.165, 1.54) is 32.1 Å². The summed E-state index contributed by atoms with van der Waals surface area (Å²) in [4.78, 5) is 22.4. The summed E-state index contributed by atoms with van der Waals surface area (Å²) in [5.41, 5.74) is 5.91. The Labute approximate surface area is 206 Å². The molecule has 7 heteroatoms. The highest BCUT2D eigenvalue weighted by atomic mass is 32.1. The zero-order valence-corrected chi connectivity index (χ0v) is 21.4. The molecule has 4 rings (SSSR count). The lowest BCUT2D eigenvalue weighted by molar-refractivity contribution is 0.0948. The number of thiazole rings is 1. The number of carbonyl (C=O) groups excluding carboxylic acids is 1. The first kappa shape index (κ1) is 24.6. The highest BCUT2D eigenvalue weighted by Gasteiger charge is 2.23. The van der Waals surface area contributed by atoms with Gasteiger partial charge in [-0.15, -0.1) is 11.3 Å². The van der Waals surface area contributed by atoms with E-state index in [9.17, 15) is 4.79 Å². The van der Waals surface area contributed by atoms with Gasteiger partial charge in [0.2, 0.25) is 0 Å². The van der Waals surface area contributed by atoms with Crippen LogP contribution in [0.3, 0.4) is 0 Å². The molecule has 182 valence electrons. The van der Waals surface area contributed by atoms with Crippen LogP contribution in [0.2, 0.25) is 0 Å². The number of hydrogen-bond acceptors (Lipinski definition) is 5. The van der Waals surface area contributed by atoms with Crippen LogP contribution in [0.4, 0.5) is 0 Å². The molecule has 1 saturated carbocycles. The molecule has 1 fully saturated rings. The van der Waals surface area contributed by atoms with Crippen LogP contribution in [0.15, 0.2) is 29.8 Å². The van der Waals surface area contributed by atoms with Crippen molar-refractivity contribution in [3.63, 3.8) is 0 Å². The summed E-state index contributed by atoms with van der Waals surface area (Å²) in [6.07, 6.45) is 10.0. The molecule has 3 aromatic heterocycles. The number of amides is 1. The molecular formula is C27H36N4O2S. The molecule has 3 aromatic rings. The Morgan fingerprint density at radius 1 is 1.26 bits per heavy atom. The van der Waals surface area contributed by atoms with Crippen molar-refractivity contribution in [1.29, 1.82) is 0 Å². The van der Waals surface area contributed by atoms with Gasteiger partial charge in [0.05, 0.1) is 17.0 Å². The van der Waals surface area contributed by atoms with Gasteiger partial charge in [-0.25, -0.2) is 4.98 Å². The first-order valence-electron chi connectivity index (χ1n) is 12.5. The number of pyridine rings is 1. The van der Waals surface area contributed by atoms with Crippen molar-refractivity contribution in [1.82, 2.24) is 19.9 Å².